The molecular formula is C41H57N9O8. The van der Waals surface area contributed by atoms with Gasteiger partial charge < -0.3 is 34.1 Å². The summed E-state index contributed by atoms with van der Waals surface area (Å²) < 4.78 is 25.6. The summed E-state index contributed by atoms with van der Waals surface area (Å²) in [5, 5.41) is 7.08. The Labute approximate surface area is 337 Å². The first kappa shape index (κ1) is 41.5. The molecule has 0 bridgehead atoms. The van der Waals surface area contributed by atoms with Gasteiger partial charge in [-0.1, -0.05) is 6.07 Å². The normalized spacial score (nSPS) is 20.6. The quantitative estimate of drug-likeness (QED) is 0.0931. The van der Waals surface area contributed by atoms with Gasteiger partial charge in [0.1, 0.15) is 30.4 Å². The van der Waals surface area contributed by atoms with Gasteiger partial charge in [0.25, 0.3) is 0 Å². The highest BCUT2D eigenvalue weighted by molar-refractivity contribution is 6.00. The summed E-state index contributed by atoms with van der Waals surface area (Å²) in [6.07, 6.45) is 10.1. The maximum absolute atomic E-state index is 13.0. The van der Waals surface area contributed by atoms with E-state index in [0.29, 0.717) is 70.3 Å². The minimum atomic E-state index is -0.693. The van der Waals surface area contributed by atoms with Crippen molar-refractivity contribution in [2.24, 2.45) is 7.05 Å². The number of H-pyrrole nitrogens is 1. The molecule has 3 fully saturated rings. The molecule has 3 aliphatic rings. The molecule has 1 aromatic carbocycles. The number of carbonyl (C=O) groups excluding carboxylic acids is 3. The fourth-order valence-corrected chi connectivity index (χ4v) is 8.42. The lowest BCUT2D eigenvalue weighted by Crippen LogP contribution is -2.53. The fourth-order valence-electron chi connectivity index (χ4n) is 8.42. The van der Waals surface area contributed by atoms with E-state index in [2.05, 4.69) is 37.4 Å². The molecule has 3 N–H and O–H groups in total. The number of hydrogen-bond donors (Lipinski definition) is 3. The number of aromatic nitrogens is 5. The molecule has 1 aliphatic carbocycles. The number of imide groups is 1. The van der Waals surface area contributed by atoms with E-state index in [1.807, 2.05) is 29.3 Å². The van der Waals surface area contributed by atoms with E-state index in [9.17, 15) is 19.2 Å². The third kappa shape index (κ3) is 10.1. The first-order valence-corrected chi connectivity index (χ1v) is 20.7. The molecule has 17 nitrogen and oxygen atoms in total. The van der Waals surface area contributed by atoms with Crippen LogP contribution in [0.1, 0.15) is 62.1 Å². The molecule has 5 heterocycles. The molecule has 0 spiro atoms. The van der Waals surface area contributed by atoms with Crippen molar-refractivity contribution in [3.63, 3.8) is 0 Å². The van der Waals surface area contributed by atoms with Crippen LogP contribution in [-0.4, -0.2) is 143 Å². The molecule has 0 radical (unpaired) electrons. The van der Waals surface area contributed by atoms with E-state index in [1.165, 1.54) is 4.57 Å². The second kappa shape index (κ2) is 19.8. The van der Waals surface area contributed by atoms with Crippen LogP contribution in [0.4, 0.5) is 5.82 Å². The molecule has 3 aromatic heterocycles. The molecule has 4 aromatic rings. The highest BCUT2D eigenvalue weighted by atomic mass is 16.6. The van der Waals surface area contributed by atoms with E-state index in [0.717, 1.165) is 98.2 Å². The third-order valence-electron chi connectivity index (χ3n) is 11.7. The minimum absolute atomic E-state index is 0.0295. The van der Waals surface area contributed by atoms with Gasteiger partial charge in [-0.05, 0) is 75.1 Å². The number of carbonyl (C=O) groups is 3. The SMILES string of the molecule is Cc1c[nH]c2ncnc(NC3CCC(N4CCN(C(=O)COCCOCCOCCOCCCc5ccc6c(c5)n(C)c(=O)n6C5CCC(=O)NC5=O)CC4)CC3)c12. The zero-order valence-electron chi connectivity index (χ0n) is 33.7. The lowest BCUT2D eigenvalue weighted by atomic mass is 9.89. The molecule has 2 aliphatic heterocycles. The number of anilines is 1. The van der Waals surface area contributed by atoms with Crippen LogP contribution in [0, 0.1) is 6.92 Å². The maximum Gasteiger partial charge on any atom is 0.329 e. The summed E-state index contributed by atoms with van der Waals surface area (Å²) >= 11 is 0. The lowest BCUT2D eigenvalue weighted by molar-refractivity contribution is -0.139. The molecule has 58 heavy (non-hydrogen) atoms. The predicted octanol–water partition coefficient (Wildman–Crippen LogP) is 2.46. The maximum atomic E-state index is 13.0. The number of nitrogens with zero attached hydrogens (tertiary/aromatic N) is 6. The van der Waals surface area contributed by atoms with Crippen LogP contribution >= 0.6 is 0 Å². The van der Waals surface area contributed by atoms with Gasteiger partial charge in [0.15, 0.2) is 0 Å². The van der Waals surface area contributed by atoms with Crippen molar-refractivity contribution in [1.82, 2.24) is 39.2 Å². The van der Waals surface area contributed by atoms with Crippen molar-refractivity contribution in [3.05, 3.63) is 52.3 Å². The van der Waals surface area contributed by atoms with Crippen LogP contribution in [0.2, 0.25) is 0 Å². The number of piperidine rings is 1. The number of aryl methyl sites for hydroxylation is 3. The fraction of sp³-hybridized carbons (Fsp3) is 0.610. The molecule has 7 rings (SSSR count). The molecule has 17 heteroatoms. The van der Waals surface area contributed by atoms with Gasteiger partial charge in [-0.2, -0.15) is 0 Å². The summed E-state index contributed by atoms with van der Waals surface area (Å²) in [5.41, 5.74) is 4.24. The summed E-state index contributed by atoms with van der Waals surface area (Å²) in [5.74, 6) is 0.197. The number of aromatic amines is 1. The minimum Gasteiger partial charge on any atom is -0.379 e. The molecule has 1 saturated carbocycles. The van der Waals surface area contributed by atoms with Crippen molar-refractivity contribution in [2.75, 3.05) is 84.4 Å². The Hall–Kier alpha value is -4.68. The van der Waals surface area contributed by atoms with E-state index in [1.54, 1.807) is 17.9 Å². The van der Waals surface area contributed by atoms with Crippen LogP contribution in [-0.2, 0) is 46.8 Å². The first-order valence-electron chi connectivity index (χ1n) is 20.7. The van der Waals surface area contributed by atoms with Crippen molar-refractivity contribution in [2.45, 2.75) is 76.4 Å². The van der Waals surface area contributed by atoms with E-state index < -0.39 is 11.9 Å². The average Bonchev–Trinajstić information content (AvgIpc) is 3.73. The average molecular weight is 804 g/mol. The smallest absolute Gasteiger partial charge is 0.329 e. The Morgan fingerprint density at radius 3 is 2.29 bits per heavy atom. The van der Waals surface area contributed by atoms with Gasteiger partial charge in [0, 0.05) is 64.5 Å². The number of hydrogen-bond acceptors (Lipinski definition) is 12. The Morgan fingerprint density at radius 2 is 1.57 bits per heavy atom. The zero-order chi connectivity index (χ0) is 40.4. The van der Waals surface area contributed by atoms with Gasteiger partial charge in [-0.15, -0.1) is 0 Å². The summed E-state index contributed by atoms with van der Waals surface area (Å²) in [7, 11) is 1.69. The summed E-state index contributed by atoms with van der Waals surface area (Å²) in [6, 6.07) is 6.07. The topological polar surface area (TPSA) is 187 Å². The lowest BCUT2D eigenvalue weighted by Gasteiger charge is -2.42. The highest BCUT2D eigenvalue weighted by Crippen LogP contribution is 2.29. The number of nitrogens with one attached hydrogen (secondary N) is 3. The van der Waals surface area contributed by atoms with E-state index in [-0.39, 0.29) is 30.5 Å². The Morgan fingerprint density at radius 1 is 0.862 bits per heavy atom. The second-order valence-corrected chi connectivity index (χ2v) is 15.5. The number of benzene rings is 1. The molecule has 3 amide bonds. The number of amides is 3. The van der Waals surface area contributed by atoms with Crippen LogP contribution in [0.5, 0.6) is 0 Å². The van der Waals surface area contributed by atoms with E-state index >= 15 is 0 Å². The number of fused-ring (bicyclic) bond motifs is 2. The van der Waals surface area contributed by atoms with Crippen LogP contribution in [0.3, 0.4) is 0 Å². The third-order valence-corrected chi connectivity index (χ3v) is 11.7. The molecule has 314 valence electrons. The van der Waals surface area contributed by atoms with Gasteiger partial charge in [-0.3, -0.25) is 33.7 Å². The predicted molar refractivity (Wildman–Crippen MR) is 217 cm³/mol. The largest absolute Gasteiger partial charge is 0.379 e. The van der Waals surface area contributed by atoms with Crippen molar-refractivity contribution in [3.8, 4) is 0 Å². The Bertz CT molecular complexity index is 2080. The molecule has 2 saturated heterocycles. The van der Waals surface area contributed by atoms with Gasteiger partial charge >= 0.3 is 5.69 Å². The summed E-state index contributed by atoms with van der Waals surface area (Å²) in [6.45, 7) is 8.53. The molecular weight excluding hydrogens is 747 g/mol. The highest BCUT2D eigenvalue weighted by Gasteiger charge is 2.32. The van der Waals surface area contributed by atoms with Gasteiger partial charge in [-0.25, -0.2) is 14.8 Å². The van der Waals surface area contributed by atoms with Crippen molar-refractivity contribution < 1.29 is 33.3 Å². The van der Waals surface area contributed by atoms with Gasteiger partial charge in [0.05, 0.1) is 56.1 Å². The zero-order valence-corrected chi connectivity index (χ0v) is 33.7. The number of ether oxygens (including phenoxy) is 4. The summed E-state index contributed by atoms with van der Waals surface area (Å²) in [4.78, 5) is 66.3. The standard InChI is InChI=1S/C41H57N9O8/c1-28-25-42-38-37(28)39(44-27-43-38)45-30-6-8-31(9-7-30)48-13-15-49(16-14-48)36(52)26-58-23-22-57-21-20-56-19-18-55-17-3-4-29-5-10-32-34(24-29)47(2)41(54)50(32)33-11-12-35(51)46-40(33)53/h5,10,24-25,27,30-31,33H,3-4,6-9,11-23,26H2,1-2H3,(H,46,51,53)(H2,42,43,44,45). The van der Waals surface area contributed by atoms with Crippen LogP contribution in [0.15, 0.2) is 35.5 Å². The van der Waals surface area contributed by atoms with Crippen LogP contribution < -0.4 is 16.3 Å². The Kier molecular flexibility index (Phi) is 14.2. The second-order valence-electron chi connectivity index (χ2n) is 15.5. The molecule has 1 atom stereocenters. The van der Waals surface area contributed by atoms with Gasteiger partial charge in [0.2, 0.25) is 17.7 Å². The van der Waals surface area contributed by atoms with Crippen molar-refractivity contribution in [1.29, 1.82) is 0 Å². The van der Waals surface area contributed by atoms with E-state index in [4.69, 9.17) is 18.9 Å². The Balaban J connectivity index is 0.675. The first-order chi connectivity index (χ1) is 28.3. The number of rotatable bonds is 19. The number of imidazole rings is 1. The van der Waals surface area contributed by atoms with Crippen LogP contribution in [0.25, 0.3) is 22.1 Å². The number of piperazine rings is 1. The van der Waals surface area contributed by atoms with Crippen molar-refractivity contribution >= 4 is 45.6 Å². The monoisotopic (exact) mass is 803 g/mol. The molecule has 1 unspecified atom stereocenters.